The molecule has 1 aromatic rings. The number of halogens is 1. The smallest absolute Gasteiger partial charge is 0.213 e. The van der Waals surface area contributed by atoms with Gasteiger partial charge < -0.3 is 0 Å². The standard InChI is InChI=1S/C13H5BrN4O/c14-7-1-2-9-10(3-7)13(19)12-11(9)17-8(4-15)5-18(12)6-16/h1-3H,5H2. The highest BCUT2D eigenvalue weighted by molar-refractivity contribution is 9.10. The molecule has 3 rings (SSSR count). The van der Waals surface area contributed by atoms with Crippen molar-refractivity contribution in [1.82, 2.24) is 4.90 Å². The molecule has 0 atom stereocenters. The highest BCUT2D eigenvalue weighted by atomic mass is 79.9. The van der Waals surface area contributed by atoms with Gasteiger partial charge >= 0.3 is 0 Å². The second-order valence-electron chi connectivity index (χ2n) is 4.07. The summed E-state index contributed by atoms with van der Waals surface area (Å²) in [6.45, 7) is 0.0483. The lowest BCUT2D eigenvalue weighted by Gasteiger charge is -2.19. The summed E-state index contributed by atoms with van der Waals surface area (Å²) in [5.74, 6) is -0.228. The third kappa shape index (κ3) is 1.58. The predicted molar refractivity (Wildman–Crippen MR) is 70.8 cm³/mol. The summed E-state index contributed by atoms with van der Waals surface area (Å²) in [6, 6.07) is 7.21. The van der Waals surface area contributed by atoms with E-state index in [4.69, 9.17) is 10.5 Å². The molecule has 90 valence electrons. The van der Waals surface area contributed by atoms with Crippen LogP contribution in [-0.2, 0) is 0 Å². The Morgan fingerprint density at radius 1 is 1.32 bits per heavy atom. The van der Waals surface area contributed by atoms with Crippen molar-refractivity contribution >= 4 is 33.1 Å². The molecule has 0 spiro atoms. The van der Waals surface area contributed by atoms with Gasteiger partial charge in [0.2, 0.25) is 5.78 Å². The highest BCUT2D eigenvalue weighted by Crippen LogP contribution is 2.38. The lowest BCUT2D eigenvalue weighted by Crippen LogP contribution is -2.30. The Balaban J connectivity index is 2.27. The molecule has 0 saturated heterocycles. The van der Waals surface area contributed by atoms with E-state index < -0.39 is 0 Å². The summed E-state index contributed by atoms with van der Waals surface area (Å²) in [6.07, 6.45) is 1.93. The average Bonchev–Trinajstić information content (AvgIpc) is 2.71. The van der Waals surface area contributed by atoms with Crippen molar-refractivity contribution in [3.8, 4) is 12.3 Å². The van der Waals surface area contributed by atoms with Crippen LogP contribution in [0.15, 0.2) is 33.4 Å². The Kier molecular flexibility index (Phi) is 2.48. The molecule has 0 bridgehead atoms. The fraction of sp³-hybridized carbons (Fsp3) is 0.0769. The van der Waals surface area contributed by atoms with Crippen molar-refractivity contribution in [1.29, 1.82) is 10.5 Å². The molecular weight excluding hydrogens is 308 g/mol. The monoisotopic (exact) mass is 312 g/mol. The molecule has 6 heteroatoms. The van der Waals surface area contributed by atoms with E-state index >= 15 is 0 Å². The minimum Gasteiger partial charge on any atom is -0.287 e. The van der Waals surface area contributed by atoms with Crippen molar-refractivity contribution in [2.45, 2.75) is 0 Å². The predicted octanol–water partition coefficient (Wildman–Crippen LogP) is 2.08. The fourth-order valence-electron chi connectivity index (χ4n) is 2.18. The summed E-state index contributed by atoms with van der Waals surface area (Å²) in [4.78, 5) is 17.7. The highest BCUT2D eigenvalue weighted by Gasteiger charge is 2.36. The molecule has 0 fully saturated rings. The van der Waals surface area contributed by atoms with Crippen molar-refractivity contribution in [2.75, 3.05) is 6.54 Å². The Bertz CT molecular complexity index is 764. The van der Waals surface area contributed by atoms with Gasteiger partial charge in [-0.1, -0.05) is 22.0 Å². The van der Waals surface area contributed by atoms with Gasteiger partial charge in [-0.25, -0.2) is 4.99 Å². The lowest BCUT2D eigenvalue weighted by molar-refractivity contribution is 0.101. The molecule has 0 saturated carbocycles. The number of carbonyl (C=O) groups is 1. The SMILES string of the molecule is N#CC1=NC2=C(C(=O)c3cc(Br)ccc32)N(C#N)C1. The summed E-state index contributed by atoms with van der Waals surface area (Å²) >= 11 is 3.31. The van der Waals surface area contributed by atoms with Crippen molar-refractivity contribution < 1.29 is 4.79 Å². The van der Waals surface area contributed by atoms with Crippen LogP contribution in [0.3, 0.4) is 0 Å². The molecule has 0 N–H and O–H groups in total. The molecular formula is C13H5BrN4O. The number of rotatable bonds is 0. The van der Waals surface area contributed by atoms with Crippen LogP contribution in [0.2, 0.25) is 0 Å². The molecule has 0 aromatic heterocycles. The van der Waals surface area contributed by atoms with Crippen LogP contribution < -0.4 is 0 Å². The van der Waals surface area contributed by atoms with Gasteiger partial charge in [0.1, 0.15) is 23.2 Å². The number of fused-ring (bicyclic) bond motifs is 2. The lowest BCUT2D eigenvalue weighted by atomic mass is 10.1. The molecule has 1 heterocycles. The number of benzene rings is 1. The molecule has 0 unspecified atom stereocenters. The minimum atomic E-state index is -0.228. The van der Waals surface area contributed by atoms with Gasteiger partial charge in [-0.2, -0.15) is 10.5 Å². The number of hydrogen-bond acceptors (Lipinski definition) is 5. The molecule has 0 radical (unpaired) electrons. The molecule has 19 heavy (non-hydrogen) atoms. The normalized spacial score (nSPS) is 16.5. The van der Waals surface area contributed by atoms with E-state index in [1.54, 1.807) is 18.2 Å². The quantitative estimate of drug-likeness (QED) is 0.687. The largest absolute Gasteiger partial charge is 0.287 e. The number of allylic oxidation sites excluding steroid dienone is 1. The molecule has 5 nitrogen and oxygen atoms in total. The summed E-state index contributed by atoms with van der Waals surface area (Å²) in [5.41, 5.74) is 2.06. The van der Waals surface area contributed by atoms with E-state index in [9.17, 15) is 4.79 Å². The van der Waals surface area contributed by atoms with E-state index in [1.165, 1.54) is 4.90 Å². The zero-order chi connectivity index (χ0) is 13.6. The zero-order valence-corrected chi connectivity index (χ0v) is 11.1. The van der Waals surface area contributed by atoms with Crippen LogP contribution in [0.4, 0.5) is 0 Å². The topological polar surface area (TPSA) is 80.2 Å². The van der Waals surface area contributed by atoms with Crippen molar-refractivity contribution in [2.24, 2.45) is 4.99 Å². The Morgan fingerprint density at radius 2 is 2.11 bits per heavy atom. The van der Waals surface area contributed by atoms with Crippen LogP contribution in [-0.4, -0.2) is 22.9 Å². The first-order valence-corrected chi connectivity index (χ1v) is 6.19. The Hall–Kier alpha value is -2.44. The van der Waals surface area contributed by atoms with Crippen LogP contribution in [0.25, 0.3) is 5.70 Å². The number of carbonyl (C=O) groups excluding carboxylic acids is 1. The number of aliphatic imine (C=N–C) groups is 1. The van der Waals surface area contributed by atoms with E-state index in [-0.39, 0.29) is 23.7 Å². The fourth-order valence-corrected chi connectivity index (χ4v) is 2.54. The summed E-state index contributed by atoms with van der Waals surface area (Å²) < 4.78 is 0.785. The maximum absolute atomic E-state index is 12.3. The first-order chi connectivity index (χ1) is 9.15. The number of Topliss-reactive ketones (excluding diaryl/α,β-unsaturated/α-hetero) is 1. The number of nitriles is 2. The van der Waals surface area contributed by atoms with Gasteiger partial charge in [-0.05, 0) is 12.1 Å². The zero-order valence-electron chi connectivity index (χ0n) is 9.51. The maximum atomic E-state index is 12.3. The molecule has 1 aliphatic carbocycles. The third-order valence-corrected chi connectivity index (χ3v) is 3.49. The van der Waals surface area contributed by atoms with Gasteiger partial charge in [-0.15, -0.1) is 0 Å². The first-order valence-electron chi connectivity index (χ1n) is 5.39. The minimum absolute atomic E-state index is 0.0483. The molecule has 1 aromatic carbocycles. The maximum Gasteiger partial charge on any atom is 0.213 e. The molecule has 0 amide bonds. The summed E-state index contributed by atoms with van der Waals surface area (Å²) in [7, 11) is 0. The number of ketones is 1. The number of nitrogens with zero attached hydrogens (tertiary/aromatic N) is 4. The van der Waals surface area contributed by atoms with Crippen molar-refractivity contribution in [3.05, 3.63) is 39.5 Å². The van der Waals surface area contributed by atoms with E-state index in [0.717, 1.165) is 4.47 Å². The molecule has 1 aliphatic heterocycles. The molecule has 2 aliphatic rings. The second kappa shape index (κ2) is 4.04. The van der Waals surface area contributed by atoms with Crippen LogP contribution in [0.1, 0.15) is 15.9 Å². The van der Waals surface area contributed by atoms with Gasteiger partial charge in [0.25, 0.3) is 0 Å². The van der Waals surface area contributed by atoms with Gasteiger partial charge in [0.05, 0.1) is 6.54 Å². The first kappa shape index (κ1) is 11.6. The second-order valence-corrected chi connectivity index (χ2v) is 4.99. The van der Waals surface area contributed by atoms with Gasteiger partial charge in [0, 0.05) is 15.6 Å². The number of hydrogen-bond donors (Lipinski definition) is 0. The van der Waals surface area contributed by atoms with Crippen molar-refractivity contribution in [3.63, 3.8) is 0 Å². The average molecular weight is 313 g/mol. The third-order valence-electron chi connectivity index (χ3n) is 3.00. The Morgan fingerprint density at radius 3 is 2.79 bits per heavy atom. The van der Waals surface area contributed by atoms with Crippen LogP contribution in [0, 0.1) is 22.8 Å². The van der Waals surface area contributed by atoms with Crippen LogP contribution in [0.5, 0.6) is 0 Å². The van der Waals surface area contributed by atoms with E-state index in [0.29, 0.717) is 16.8 Å². The Labute approximate surface area is 117 Å². The van der Waals surface area contributed by atoms with E-state index in [1.807, 2.05) is 12.3 Å². The van der Waals surface area contributed by atoms with E-state index in [2.05, 4.69) is 20.9 Å². The summed E-state index contributed by atoms with van der Waals surface area (Å²) in [5, 5.41) is 18.1. The van der Waals surface area contributed by atoms with Gasteiger partial charge in [0.15, 0.2) is 6.19 Å². The van der Waals surface area contributed by atoms with Crippen LogP contribution >= 0.6 is 15.9 Å². The van der Waals surface area contributed by atoms with Gasteiger partial charge in [-0.3, -0.25) is 9.69 Å².